The molecule has 3 N–H and O–H groups in total. The molecule has 30 heavy (non-hydrogen) atoms. The summed E-state index contributed by atoms with van der Waals surface area (Å²) in [5, 5.41) is 8.24. The number of ether oxygens (including phenoxy) is 1. The number of benzene rings is 1. The summed E-state index contributed by atoms with van der Waals surface area (Å²) in [5.74, 6) is -1.24. The molecule has 0 bridgehead atoms. The van der Waals surface area contributed by atoms with Gasteiger partial charge in [0.05, 0.1) is 17.2 Å². The smallest absolute Gasteiger partial charge is 0.325 e. The number of imide groups is 1. The van der Waals surface area contributed by atoms with Crippen LogP contribution in [0.1, 0.15) is 43.0 Å². The SMILES string of the molecule is COCCNC(=O)c1ccc(NC(=O)C(C)N2C(=O)NC3(CCCC3)C2=O)cc1Cl. The average molecular weight is 437 g/mol. The Kier molecular flexibility index (Phi) is 6.62. The van der Waals surface area contributed by atoms with Gasteiger partial charge in [0.15, 0.2) is 0 Å². The number of halogens is 1. The molecule has 1 aromatic rings. The zero-order valence-electron chi connectivity index (χ0n) is 16.9. The predicted molar refractivity (Wildman–Crippen MR) is 110 cm³/mol. The van der Waals surface area contributed by atoms with Crippen molar-refractivity contribution in [3.63, 3.8) is 0 Å². The molecular formula is C20H25ClN4O5. The van der Waals surface area contributed by atoms with Gasteiger partial charge in [-0.1, -0.05) is 24.4 Å². The van der Waals surface area contributed by atoms with Crippen LogP contribution in [0, 0.1) is 0 Å². The molecule has 1 spiro atoms. The summed E-state index contributed by atoms with van der Waals surface area (Å²) in [6.45, 7) is 2.22. The van der Waals surface area contributed by atoms with E-state index >= 15 is 0 Å². The van der Waals surface area contributed by atoms with Crippen molar-refractivity contribution in [3.05, 3.63) is 28.8 Å². The summed E-state index contributed by atoms with van der Waals surface area (Å²) in [4.78, 5) is 51.0. The number of carbonyl (C=O) groups is 4. The molecule has 5 amide bonds. The van der Waals surface area contributed by atoms with Gasteiger partial charge < -0.3 is 20.7 Å². The van der Waals surface area contributed by atoms with Crippen molar-refractivity contribution < 1.29 is 23.9 Å². The number of nitrogens with zero attached hydrogens (tertiary/aromatic N) is 1. The fourth-order valence-corrected chi connectivity index (χ4v) is 4.08. The Morgan fingerprint density at radius 1 is 1.30 bits per heavy atom. The van der Waals surface area contributed by atoms with Crippen LogP contribution in [0.5, 0.6) is 0 Å². The molecular weight excluding hydrogens is 412 g/mol. The first kappa shape index (κ1) is 22.0. The van der Waals surface area contributed by atoms with Crippen LogP contribution in [-0.4, -0.2) is 60.5 Å². The normalized spacial score (nSPS) is 18.4. The summed E-state index contributed by atoms with van der Waals surface area (Å²) >= 11 is 6.18. The Balaban J connectivity index is 1.65. The Bertz CT molecular complexity index is 869. The minimum absolute atomic E-state index is 0.162. The first-order chi connectivity index (χ1) is 14.3. The molecule has 1 aromatic carbocycles. The van der Waals surface area contributed by atoms with E-state index < -0.39 is 23.5 Å². The van der Waals surface area contributed by atoms with Gasteiger partial charge >= 0.3 is 6.03 Å². The van der Waals surface area contributed by atoms with Gasteiger partial charge in [-0.25, -0.2) is 9.69 Å². The van der Waals surface area contributed by atoms with Gasteiger partial charge in [-0.2, -0.15) is 0 Å². The summed E-state index contributed by atoms with van der Waals surface area (Å²) in [7, 11) is 1.53. The van der Waals surface area contributed by atoms with E-state index in [0.717, 1.165) is 17.7 Å². The van der Waals surface area contributed by atoms with Crippen LogP contribution in [0.15, 0.2) is 18.2 Å². The Morgan fingerprint density at radius 3 is 2.63 bits per heavy atom. The number of carbonyl (C=O) groups excluding carboxylic acids is 4. The monoisotopic (exact) mass is 436 g/mol. The van der Waals surface area contributed by atoms with E-state index in [-0.39, 0.29) is 22.4 Å². The molecule has 1 saturated carbocycles. The van der Waals surface area contributed by atoms with E-state index in [1.165, 1.54) is 32.2 Å². The molecule has 9 nitrogen and oxygen atoms in total. The second kappa shape index (κ2) is 9.01. The topological polar surface area (TPSA) is 117 Å². The van der Waals surface area contributed by atoms with Crippen LogP contribution in [0.3, 0.4) is 0 Å². The standard InChI is InChI=1S/C20H25ClN4O5/c1-12(25-18(28)20(24-19(25)29)7-3-4-8-20)16(26)23-13-5-6-14(15(21)11-13)17(27)22-9-10-30-2/h5-6,11-12H,3-4,7-10H2,1-2H3,(H,22,27)(H,23,26)(H,24,29). The molecule has 2 fully saturated rings. The van der Waals surface area contributed by atoms with Gasteiger partial charge in [0.2, 0.25) is 5.91 Å². The molecule has 1 aliphatic heterocycles. The third-order valence-electron chi connectivity index (χ3n) is 5.49. The van der Waals surface area contributed by atoms with Crippen LogP contribution < -0.4 is 16.0 Å². The highest BCUT2D eigenvalue weighted by Gasteiger charge is 2.54. The molecule has 1 heterocycles. The Morgan fingerprint density at radius 2 is 2.00 bits per heavy atom. The molecule has 3 rings (SSSR count). The van der Waals surface area contributed by atoms with Gasteiger partial charge in [-0.15, -0.1) is 0 Å². The van der Waals surface area contributed by atoms with Gasteiger partial charge in [0.25, 0.3) is 11.8 Å². The molecule has 1 unspecified atom stereocenters. The minimum Gasteiger partial charge on any atom is -0.383 e. The number of rotatable bonds is 7. The van der Waals surface area contributed by atoms with Crippen molar-refractivity contribution in [1.82, 2.24) is 15.5 Å². The van der Waals surface area contributed by atoms with Crippen LogP contribution in [0.4, 0.5) is 10.5 Å². The second-order valence-electron chi connectivity index (χ2n) is 7.50. The third-order valence-corrected chi connectivity index (χ3v) is 5.80. The maximum Gasteiger partial charge on any atom is 0.325 e. The highest BCUT2D eigenvalue weighted by atomic mass is 35.5. The van der Waals surface area contributed by atoms with Crippen molar-refractivity contribution >= 4 is 41.0 Å². The van der Waals surface area contributed by atoms with E-state index in [0.29, 0.717) is 31.7 Å². The minimum atomic E-state index is -0.992. The lowest BCUT2D eigenvalue weighted by Crippen LogP contribution is -2.48. The number of hydrogen-bond acceptors (Lipinski definition) is 5. The fourth-order valence-electron chi connectivity index (χ4n) is 3.81. The van der Waals surface area contributed by atoms with Crippen LogP contribution in [-0.2, 0) is 14.3 Å². The van der Waals surface area contributed by atoms with Crippen molar-refractivity contribution in [2.24, 2.45) is 0 Å². The molecule has 1 aliphatic carbocycles. The van der Waals surface area contributed by atoms with E-state index in [1.54, 1.807) is 0 Å². The average Bonchev–Trinajstić information content (AvgIpc) is 3.26. The van der Waals surface area contributed by atoms with Crippen LogP contribution >= 0.6 is 11.6 Å². The molecule has 2 aliphatic rings. The largest absolute Gasteiger partial charge is 0.383 e. The highest BCUT2D eigenvalue weighted by molar-refractivity contribution is 6.34. The van der Waals surface area contributed by atoms with Gasteiger partial charge in [0, 0.05) is 19.3 Å². The Hall–Kier alpha value is -2.65. The summed E-state index contributed by atoms with van der Waals surface area (Å²) in [6.07, 6.45) is 2.91. The summed E-state index contributed by atoms with van der Waals surface area (Å²) in [6, 6.07) is 2.93. The number of anilines is 1. The maximum absolute atomic E-state index is 12.8. The molecule has 1 atom stereocenters. The van der Waals surface area contributed by atoms with E-state index in [9.17, 15) is 19.2 Å². The lowest BCUT2D eigenvalue weighted by Gasteiger charge is -2.23. The van der Waals surface area contributed by atoms with Gasteiger partial charge in [0.1, 0.15) is 11.6 Å². The Labute approximate surface area is 179 Å². The third kappa shape index (κ3) is 4.27. The van der Waals surface area contributed by atoms with Crippen molar-refractivity contribution in [1.29, 1.82) is 0 Å². The molecule has 10 heteroatoms. The summed E-state index contributed by atoms with van der Waals surface area (Å²) in [5.41, 5.74) is -0.253. The maximum atomic E-state index is 12.8. The van der Waals surface area contributed by atoms with Crippen molar-refractivity contribution in [3.8, 4) is 0 Å². The highest BCUT2D eigenvalue weighted by Crippen LogP contribution is 2.35. The van der Waals surface area contributed by atoms with Crippen molar-refractivity contribution in [2.45, 2.75) is 44.2 Å². The number of methoxy groups -OCH3 is 1. The van der Waals surface area contributed by atoms with Gasteiger partial charge in [-0.05, 0) is 38.0 Å². The first-order valence-electron chi connectivity index (χ1n) is 9.82. The number of nitrogens with one attached hydrogen (secondary N) is 3. The zero-order valence-corrected chi connectivity index (χ0v) is 17.7. The quantitative estimate of drug-likeness (QED) is 0.446. The number of urea groups is 1. The molecule has 0 aromatic heterocycles. The summed E-state index contributed by atoms with van der Waals surface area (Å²) < 4.78 is 4.88. The van der Waals surface area contributed by atoms with Gasteiger partial charge in [-0.3, -0.25) is 14.4 Å². The van der Waals surface area contributed by atoms with E-state index in [4.69, 9.17) is 16.3 Å². The van der Waals surface area contributed by atoms with Crippen LogP contribution in [0.25, 0.3) is 0 Å². The fraction of sp³-hybridized carbons (Fsp3) is 0.500. The molecule has 0 radical (unpaired) electrons. The first-order valence-corrected chi connectivity index (χ1v) is 10.2. The second-order valence-corrected chi connectivity index (χ2v) is 7.91. The molecule has 1 saturated heterocycles. The van der Waals surface area contributed by atoms with E-state index in [1.807, 2.05) is 0 Å². The zero-order chi connectivity index (χ0) is 21.9. The lowest BCUT2D eigenvalue weighted by molar-refractivity contribution is -0.136. The van der Waals surface area contributed by atoms with Crippen LogP contribution in [0.2, 0.25) is 5.02 Å². The molecule has 162 valence electrons. The predicted octanol–water partition coefficient (Wildman–Crippen LogP) is 1.91. The van der Waals surface area contributed by atoms with Crippen molar-refractivity contribution in [2.75, 3.05) is 25.6 Å². The number of amides is 5. The lowest BCUT2D eigenvalue weighted by atomic mass is 9.97. The number of hydrogen-bond donors (Lipinski definition) is 3. The van der Waals surface area contributed by atoms with E-state index in [2.05, 4.69) is 16.0 Å².